The summed E-state index contributed by atoms with van der Waals surface area (Å²) in [5, 5.41) is 12.0. The van der Waals surface area contributed by atoms with Crippen LogP contribution in [0.25, 0.3) is 0 Å². The molecule has 2 amide bonds. The predicted octanol–water partition coefficient (Wildman–Crippen LogP) is 0.998. The molecule has 6 nitrogen and oxygen atoms in total. The van der Waals surface area contributed by atoms with Crippen LogP contribution in [0.3, 0.4) is 0 Å². The fourth-order valence-electron chi connectivity index (χ4n) is 1.25. The van der Waals surface area contributed by atoms with Crippen molar-refractivity contribution in [2.24, 2.45) is 0 Å². The normalized spacial score (nSPS) is 10.4. The molecule has 0 fully saturated rings. The van der Waals surface area contributed by atoms with Crippen LogP contribution in [0.5, 0.6) is 0 Å². The summed E-state index contributed by atoms with van der Waals surface area (Å²) in [6.07, 6.45) is 0.240. The average Bonchev–Trinajstić information content (AvgIpc) is 2.65. The Bertz CT molecular complexity index is 398. The number of carbonyl (C=O) groups excluding carboxylic acids is 2. The number of H-pyrrole nitrogens is 1. The summed E-state index contributed by atoms with van der Waals surface area (Å²) in [4.78, 5) is 22.1. The number of nitrogens with one attached hydrogen (secondary N) is 3. The number of hydrogen-bond donors (Lipinski definition) is 3. The highest BCUT2D eigenvalue weighted by molar-refractivity contribution is 5.90. The van der Waals surface area contributed by atoms with Gasteiger partial charge in [0.05, 0.1) is 0 Å². The molecule has 0 aliphatic rings. The van der Waals surface area contributed by atoms with Gasteiger partial charge in [0.2, 0.25) is 11.8 Å². The first kappa shape index (κ1) is 13.2. The first-order valence-electron chi connectivity index (χ1n) is 5.58. The van der Waals surface area contributed by atoms with Gasteiger partial charge < -0.3 is 10.6 Å². The van der Waals surface area contributed by atoms with E-state index < -0.39 is 0 Å². The highest BCUT2D eigenvalue weighted by atomic mass is 16.2. The van der Waals surface area contributed by atoms with Gasteiger partial charge in [0.25, 0.3) is 0 Å². The Labute approximate surface area is 100 Å². The number of anilines is 1. The average molecular weight is 238 g/mol. The molecule has 1 aromatic rings. The van der Waals surface area contributed by atoms with Crippen molar-refractivity contribution in [2.75, 3.05) is 11.9 Å². The second-order valence-corrected chi connectivity index (χ2v) is 4.14. The number of aromatic nitrogens is 2. The maximum atomic E-state index is 11.5. The molecule has 0 unspecified atom stereocenters. The van der Waals surface area contributed by atoms with E-state index in [9.17, 15) is 9.59 Å². The molecule has 1 aromatic heterocycles. The Morgan fingerprint density at radius 2 is 2.18 bits per heavy atom. The van der Waals surface area contributed by atoms with Crippen LogP contribution in [0.4, 0.5) is 5.82 Å². The van der Waals surface area contributed by atoms with Crippen molar-refractivity contribution in [3.05, 3.63) is 11.8 Å². The van der Waals surface area contributed by atoms with E-state index in [-0.39, 0.29) is 18.2 Å². The van der Waals surface area contributed by atoms with Crippen molar-refractivity contribution < 1.29 is 9.59 Å². The van der Waals surface area contributed by atoms with Crippen molar-refractivity contribution in [2.45, 2.75) is 33.1 Å². The van der Waals surface area contributed by atoms with E-state index in [1.807, 2.05) is 13.8 Å². The zero-order valence-electron chi connectivity index (χ0n) is 10.3. The van der Waals surface area contributed by atoms with Gasteiger partial charge in [-0.1, -0.05) is 13.8 Å². The van der Waals surface area contributed by atoms with E-state index in [2.05, 4.69) is 20.8 Å². The van der Waals surface area contributed by atoms with Gasteiger partial charge in [-0.2, -0.15) is 5.10 Å². The van der Waals surface area contributed by atoms with Gasteiger partial charge in [0.1, 0.15) is 0 Å². The largest absolute Gasteiger partial charge is 0.356 e. The van der Waals surface area contributed by atoms with Gasteiger partial charge in [-0.15, -0.1) is 0 Å². The van der Waals surface area contributed by atoms with E-state index in [0.717, 1.165) is 5.69 Å². The summed E-state index contributed by atoms with van der Waals surface area (Å²) >= 11 is 0. The molecule has 0 saturated heterocycles. The molecule has 1 rings (SSSR count). The zero-order valence-corrected chi connectivity index (χ0v) is 10.3. The Kier molecular flexibility index (Phi) is 4.68. The fourth-order valence-corrected chi connectivity index (χ4v) is 1.25. The molecular formula is C11H18N4O2. The molecule has 94 valence electrons. The lowest BCUT2D eigenvalue weighted by Crippen LogP contribution is -2.25. The minimum Gasteiger partial charge on any atom is -0.356 e. The Hall–Kier alpha value is -1.85. The van der Waals surface area contributed by atoms with E-state index in [0.29, 0.717) is 18.3 Å². The van der Waals surface area contributed by atoms with Crippen molar-refractivity contribution in [3.8, 4) is 0 Å². The third kappa shape index (κ3) is 4.67. The van der Waals surface area contributed by atoms with Gasteiger partial charge >= 0.3 is 0 Å². The van der Waals surface area contributed by atoms with E-state index in [4.69, 9.17) is 0 Å². The van der Waals surface area contributed by atoms with Gasteiger partial charge in [0.15, 0.2) is 5.82 Å². The van der Waals surface area contributed by atoms with Crippen LogP contribution in [0.15, 0.2) is 6.07 Å². The van der Waals surface area contributed by atoms with Crippen molar-refractivity contribution in [1.29, 1.82) is 0 Å². The van der Waals surface area contributed by atoms with Gasteiger partial charge in [-0.05, 0) is 5.92 Å². The molecule has 0 aromatic carbocycles. The minimum atomic E-state index is -0.166. The van der Waals surface area contributed by atoms with Crippen LogP contribution in [-0.4, -0.2) is 28.6 Å². The first-order chi connectivity index (χ1) is 7.99. The standard InChI is InChI=1S/C11H18N4O2/c1-7(2)9-6-10(15-14-9)13-11(17)4-5-12-8(3)16/h6-7H,4-5H2,1-3H3,(H,12,16)(H2,13,14,15,17). The highest BCUT2D eigenvalue weighted by Gasteiger charge is 2.07. The first-order valence-corrected chi connectivity index (χ1v) is 5.58. The third-order valence-corrected chi connectivity index (χ3v) is 2.21. The minimum absolute atomic E-state index is 0.139. The topological polar surface area (TPSA) is 86.9 Å². The predicted molar refractivity (Wildman–Crippen MR) is 64.6 cm³/mol. The maximum Gasteiger partial charge on any atom is 0.227 e. The Balaban J connectivity index is 2.37. The van der Waals surface area contributed by atoms with Crippen molar-refractivity contribution >= 4 is 17.6 Å². The van der Waals surface area contributed by atoms with Gasteiger partial charge in [0, 0.05) is 31.6 Å². The lowest BCUT2D eigenvalue weighted by molar-refractivity contribution is -0.119. The van der Waals surface area contributed by atoms with Crippen molar-refractivity contribution in [1.82, 2.24) is 15.5 Å². The summed E-state index contributed by atoms with van der Waals surface area (Å²) in [7, 11) is 0. The number of amides is 2. The van der Waals surface area contributed by atoms with Gasteiger partial charge in [-0.3, -0.25) is 14.7 Å². The van der Waals surface area contributed by atoms with E-state index in [1.54, 1.807) is 6.07 Å². The van der Waals surface area contributed by atoms with Crippen LogP contribution in [0, 0.1) is 0 Å². The molecule has 0 aliphatic heterocycles. The second kappa shape index (κ2) is 6.03. The SMILES string of the molecule is CC(=O)NCCC(=O)Nc1cc(C(C)C)[nH]n1. The summed E-state index contributed by atoms with van der Waals surface area (Å²) in [5.74, 6) is 0.550. The number of carbonyl (C=O) groups is 2. The zero-order chi connectivity index (χ0) is 12.8. The number of hydrogen-bond acceptors (Lipinski definition) is 3. The molecule has 1 heterocycles. The summed E-state index contributed by atoms with van der Waals surface area (Å²) in [6, 6.07) is 1.81. The van der Waals surface area contributed by atoms with E-state index >= 15 is 0 Å². The summed E-state index contributed by atoms with van der Waals surface area (Å²) < 4.78 is 0. The molecule has 0 aliphatic carbocycles. The lowest BCUT2D eigenvalue weighted by Gasteiger charge is -2.02. The number of aromatic amines is 1. The van der Waals surface area contributed by atoms with Crippen LogP contribution in [0.1, 0.15) is 38.8 Å². The lowest BCUT2D eigenvalue weighted by atomic mass is 10.1. The summed E-state index contributed by atoms with van der Waals surface area (Å²) in [5.41, 5.74) is 0.974. The maximum absolute atomic E-state index is 11.5. The third-order valence-electron chi connectivity index (χ3n) is 2.21. The molecule has 3 N–H and O–H groups in total. The molecule has 0 saturated carbocycles. The fraction of sp³-hybridized carbons (Fsp3) is 0.545. The second-order valence-electron chi connectivity index (χ2n) is 4.14. The molecular weight excluding hydrogens is 220 g/mol. The number of nitrogens with zero attached hydrogens (tertiary/aromatic N) is 1. The Morgan fingerprint density at radius 3 is 2.71 bits per heavy atom. The molecule has 6 heteroatoms. The quantitative estimate of drug-likeness (QED) is 0.715. The smallest absolute Gasteiger partial charge is 0.227 e. The van der Waals surface area contributed by atoms with Crippen LogP contribution in [-0.2, 0) is 9.59 Å². The number of rotatable bonds is 5. The molecule has 0 radical (unpaired) electrons. The Morgan fingerprint density at radius 1 is 1.47 bits per heavy atom. The van der Waals surface area contributed by atoms with Gasteiger partial charge in [-0.25, -0.2) is 0 Å². The van der Waals surface area contributed by atoms with Crippen LogP contribution >= 0.6 is 0 Å². The van der Waals surface area contributed by atoms with Crippen LogP contribution in [0.2, 0.25) is 0 Å². The van der Waals surface area contributed by atoms with Crippen LogP contribution < -0.4 is 10.6 Å². The molecule has 17 heavy (non-hydrogen) atoms. The summed E-state index contributed by atoms with van der Waals surface area (Å²) in [6.45, 7) is 5.83. The monoisotopic (exact) mass is 238 g/mol. The molecule has 0 spiro atoms. The molecule has 0 atom stereocenters. The van der Waals surface area contributed by atoms with Crippen molar-refractivity contribution in [3.63, 3.8) is 0 Å². The van der Waals surface area contributed by atoms with E-state index in [1.165, 1.54) is 6.92 Å². The molecule has 0 bridgehead atoms. The highest BCUT2D eigenvalue weighted by Crippen LogP contribution is 2.14.